The van der Waals surface area contributed by atoms with E-state index >= 15 is 0 Å². The second-order valence-corrected chi connectivity index (χ2v) is 4.57. The summed E-state index contributed by atoms with van der Waals surface area (Å²) in [5.74, 6) is -0.526. The van der Waals surface area contributed by atoms with E-state index < -0.39 is 5.82 Å². The third-order valence-corrected chi connectivity index (χ3v) is 2.24. The van der Waals surface area contributed by atoms with E-state index in [1.807, 2.05) is 20.8 Å². The van der Waals surface area contributed by atoms with Crippen molar-refractivity contribution in [3.8, 4) is 0 Å². The van der Waals surface area contributed by atoms with Gasteiger partial charge in [-0.3, -0.25) is 9.59 Å². The first-order valence-electron chi connectivity index (χ1n) is 7.04. The topological polar surface area (TPSA) is 66.4 Å². The molecule has 0 saturated heterocycles. The minimum absolute atomic E-state index is 0.128. The van der Waals surface area contributed by atoms with E-state index in [0.717, 1.165) is 5.56 Å². The number of amides is 1. The Morgan fingerprint density at radius 1 is 1.33 bits per heavy atom. The van der Waals surface area contributed by atoms with Gasteiger partial charge in [0, 0.05) is 6.54 Å². The Labute approximate surface area is 126 Å². The van der Waals surface area contributed by atoms with Gasteiger partial charge in [-0.05, 0) is 30.5 Å². The molecule has 0 saturated carbocycles. The van der Waals surface area contributed by atoms with Crippen LogP contribution < -0.4 is 5.32 Å². The number of rotatable bonds is 3. The predicted octanol–water partition coefficient (Wildman–Crippen LogP) is 3.82. The summed E-state index contributed by atoms with van der Waals surface area (Å²) < 4.78 is 13.3. The molecule has 21 heavy (non-hydrogen) atoms. The van der Waals surface area contributed by atoms with Crippen LogP contribution in [0.4, 0.5) is 4.39 Å². The fourth-order valence-corrected chi connectivity index (χ4v) is 1.33. The van der Waals surface area contributed by atoms with Gasteiger partial charge in [-0.25, -0.2) is 4.39 Å². The third-order valence-electron chi connectivity index (χ3n) is 2.24. The summed E-state index contributed by atoms with van der Waals surface area (Å²) in [6.07, 6.45) is 1.25. The van der Waals surface area contributed by atoms with Crippen molar-refractivity contribution in [1.82, 2.24) is 5.32 Å². The van der Waals surface area contributed by atoms with Crippen molar-refractivity contribution in [2.24, 2.45) is 0 Å². The standard InChI is InChI=1S/C12H16FNO.C3H8.CH2O2/c1-4-14-12(15)10-7-9(8(2)3)5-6-11(10)13;1-3-2;2-1-3/h5-8H,4H2,1-3H3,(H,14,15);3H2,1-2H3;1H,(H,2,3). The smallest absolute Gasteiger partial charge is 0.290 e. The molecule has 1 rings (SSSR count). The van der Waals surface area contributed by atoms with Crippen molar-refractivity contribution in [1.29, 1.82) is 0 Å². The second-order valence-electron chi connectivity index (χ2n) is 4.57. The summed E-state index contributed by atoms with van der Waals surface area (Å²) in [6.45, 7) is 10.3. The van der Waals surface area contributed by atoms with Crippen molar-refractivity contribution in [3.05, 3.63) is 35.1 Å². The maximum absolute atomic E-state index is 13.3. The van der Waals surface area contributed by atoms with Gasteiger partial charge in [-0.15, -0.1) is 0 Å². The highest BCUT2D eigenvalue weighted by Crippen LogP contribution is 2.18. The summed E-state index contributed by atoms with van der Waals surface area (Å²) in [4.78, 5) is 19.9. The van der Waals surface area contributed by atoms with Gasteiger partial charge in [0.15, 0.2) is 0 Å². The van der Waals surface area contributed by atoms with Crippen LogP contribution in [0.5, 0.6) is 0 Å². The Bertz CT molecular complexity index is 420. The number of carboxylic acid groups (broad SMARTS) is 1. The van der Waals surface area contributed by atoms with E-state index in [4.69, 9.17) is 9.90 Å². The molecule has 1 aromatic carbocycles. The van der Waals surface area contributed by atoms with E-state index in [2.05, 4.69) is 19.2 Å². The van der Waals surface area contributed by atoms with Crippen molar-refractivity contribution in [2.75, 3.05) is 6.54 Å². The summed E-state index contributed by atoms with van der Waals surface area (Å²) in [5, 5.41) is 9.48. The van der Waals surface area contributed by atoms with E-state index in [0.29, 0.717) is 12.5 Å². The average Bonchev–Trinajstić information content (AvgIpc) is 2.41. The number of carbonyl (C=O) groups is 2. The first kappa shape index (κ1) is 21.4. The molecule has 0 aliphatic heterocycles. The van der Waals surface area contributed by atoms with Crippen LogP contribution in [0.25, 0.3) is 0 Å². The summed E-state index contributed by atoms with van der Waals surface area (Å²) in [6, 6.07) is 4.67. The second kappa shape index (κ2) is 13.1. The normalized spacial score (nSPS) is 8.90. The van der Waals surface area contributed by atoms with Gasteiger partial charge < -0.3 is 10.4 Å². The number of hydrogen-bond donors (Lipinski definition) is 2. The molecule has 1 aromatic rings. The quantitative estimate of drug-likeness (QED) is 0.834. The van der Waals surface area contributed by atoms with Crippen molar-refractivity contribution in [3.63, 3.8) is 0 Å². The minimum Gasteiger partial charge on any atom is -0.483 e. The first-order chi connectivity index (χ1) is 9.89. The van der Waals surface area contributed by atoms with E-state index in [1.54, 1.807) is 12.1 Å². The van der Waals surface area contributed by atoms with Gasteiger partial charge in [0.2, 0.25) is 0 Å². The zero-order chi connectivity index (χ0) is 16.8. The molecular weight excluding hydrogens is 273 g/mol. The summed E-state index contributed by atoms with van der Waals surface area (Å²) in [5.41, 5.74) is 1.10. The average molecular weight is 299 g/mol. The monoisotopic (exact) mass is 299 g/mol. The molecule has 0 atom stereocenters. The van der Waals surface area contributed by atoms with Crippen LogP contribution in [0.2, 0.25) is 0 Å². The molecule has 4 nitrogen and oxygen atoms in total. The molecule has 0 heterocycles. The molecule has 0 aliphatic carbocycles. The van der Waals surface area contributed by atoms with Gasteiger partial charge in [-0.2, -0.15) is 0 Å². The van der Waals surface area contributed by atoms with E-state index in [-0.39, 0.29) is 17.9 Å². The Morgan fingerprint density at radius 2 is 1.81 bits per heavy atom. The van der Waals surface area contributed by atoms with Crippen LogP contribution in [-0.2, 0) is 4.79 Å². The highest BCUT2D eigenvalue weighted by molar-refractivity contribution is 5.94. The number of hydrogen-bond acceptors (Lipinski definition) is 2. The maximum atomic E-state index is 13.3. The Morgan fingerprint density at radius 3 is 2.19 bits per heavy atom. The molecular formula is C16H26FNO3. The number of nitrogens with one attached hydrogen (secondary N) is 1. The molecule has 0 aromatic heterocycles. The Kier molecular flexibility index (Phi) is 13.3. The summed E-state index contributed by atoms with van der Waals surface area (Å²) >= 11 is 0. The van der Waals surface area contributed by atoms with Crippen molar-refractivity contribution in [2.45, 2.75) is 47.0 Å². The highest BCUT2D eigenvalue weighted by atomic mass is 19.1. The zero-order valence-corrected chi connectivity index (χ0v) is 13.4. The molecule has 120 valence electrons. The van der Waals surface area contributed by atoms with Gasteiger partial charge in [0.25, 0.3) is 12.4 Å². The van der Waals surface area contributed by atoms with Gasteiger partial charge in [-0.1, -0.05) is 40.2 Å². The SMILES string of the molecule is CCC.CCNC(=O)c1cc(C(C)C)ccc1F.O=CO. The summed E-state index contributed by atoms with van der Waals surface area (Å²) in [7, 11) is 0. The first-order valence-corrected chi connectivity index (χ1v) is 7.04. The van der Waals surface area contributed by atoms with Crippen LogP contribution in [0, 0.1) is 5.82 Å². The zero-order valence-electron chi connectivity index (χ0n) is 13.4. The molecule has 0 radical (unpaired) electrons. The van der Waals surface area contributed by atoms with Crippen LogP contribution in [0.3, 0.4) is 0 Å². The molecule has 0 bridgehead atoms. The lowest BCUT2D eigenvalue weighted by atomic mass is 10.0. The molecule has 0 aliphatic rings. The molecule has 1 amide bonds. The number of carbonyl (C=O) groups excluding carboxylic acids is 1. The fraction of sp³-hybridized carbons (Fsp3) is 0.500. The van der Waals surface area contributed by atoms with E-state index in [1.165, 1.54) is 12.5 Å². The molecule has 0 fully saturated rings. The number of benzene rings is 1. The van der Waals surface area contributed by atoms with Crippen LogP contribution >= 0.6 is 0 Å². The third kappa shape index (κ3) is 9.60. The van der Waals surface area contributed by atoms with Gasteiger partial charge >= 0.3 is 0 Å². The number of halogens is 1. The minimum atomic E-state index is -0.467. The highest BCUT2D eigenvalue weighted by Gasteiger charge is 2.12. The lowest BCUT2D eigenvalue weighted by Gasteiger charge is -2.09. The van der Waals surface area contributed by atoms with Gasteiger partial charge in [0.05, 0.1) is 5.56 Å². The fourth-order valence-electron chi connectivity index (χ4n) is 1.33. The Hall–Kier alpha value is -1.91. The largest absolute Gasteiger partial charge is 0.483 e. The predicted molar refractivity (Wildman–Crippen MR) is 83.2 cm³/mol. The molecule has 0 spiro atoms. The Balaban J connectivity index is 0. The maximum Gasteiger partial charge on any atom is 0.290 e. The van der Waals surface area contributed by atoms with E-state index in [9.17, 15) is 9.18 Å². The van der Waals surface area contributed by atoms with Crippen molar-refractivity contribution < 1.29 is 19.1 Å². The van der Waals surface area contributed by atoms with Gasteiger partial charge in [0.1, 0.15) is 5.82 Å². The molecule has 0 unspecified atom stereocenters. The van der Waals surface area contributed by atoms with Crippen molar-refractivity contribution >= 4 is 12.4 Å². The lowest BCUT2D eigenvalue weighted by molar-refractivity contribution is -0.122. The lowest BCUT2D eigenvalue weighted by Crippen LogP contribution is -2.23. The molecule has 2 N–H and O–H groups in total. The van der Waals surface area contributed by atoms with Crippen LogP contribution in [0.1, 0.15) is 62.9 Å². The van der Waals surface area contributed by atoms with Crippen LogP contribution in [0.15, 0.2) is 18.2 Å². The van der Waals surface area contributed by atoms with Crippen LogP contribution in [-0.4, -0.2) is 24.0 Å². The molecule has 5 heteroatoms.